The number of aryl methyl sites for hydroxylation is 1. The molecule has 0 aliphatic carbocycles. The van der Waals surface area contributed by atoms with Crippen LogP contribution in [0, 0.1) is 18.8 Å². The third-order valence-electron chi connectivity index (χ3n) is 5.79. The maximum Gasteiger partial charge on any atom is 0.260 e. The van der Waals surface area contributed by atoms with Crippen LogP contribution in [0.25, 0.3) is 0 Å². The summed E-state index contributed by atoms with van der Waals surface area (Å²) in [5.41, 5.74) is 0.481. The van der Waals surface area contributed by atoms with E-state index in [1.807, 2.05) is 36.1 Å². The van der Waals surface area contributed by atoms with Crippen molar-refractivity contribution in [1.29, 1.82) is 0 Å². The van der Waals surface area contributed by atoms with Crippen LogP contribution in [0.4, 0.5) is 0 Å². The van der Waals surface area contributed by atoms with Gasteiger partial charge in [-0.3, -0.25) is 4.79 Å². The number of benzene rings is 1. The Bertz CT molecular complexity index is 582. The van der Waals surface area contributed by atoms with Crippen molar-refractivity contribution in [3.05, 3.63) is 29.8 Å². The number of piperidine rings is 1. The van der Waals surface area contributed by atoms with Gasteiger partial charge in [0.25, 0.3) is 5.91 Å². The van der Waals surface area contributed by atoms with E-state index in [1.165, 1.54) is 0 Å². The molecular weight excluding hydrogens is 318 g/mol. The van der Waals surface area contributed by atoms with Gasteiger partial charge < -0.3 is 19.5 Å². The van der Waals surface area contributed by atoms with Crippen molar-refractivity contribution in [3.63, 3.8) is 0 Å². The Kier molecular flexibility index (Phi) is 5.64. The molecule has 0 saturated carbocycles. The number of nitrogens with zero attached hydrogens (tertiary/aromatic N) is 1. The van der Waals surface area contributed by atoms with Crippen molar-refractivity contribution in [3.8, 4) is 5.75 Å². The summed E-state index contributed by atoms with van der Waals surface area (Å²) in [5.74, 6) is 1.04. The highest BCUT2D eigenvalue weighted by atomic mass is 16.5. The fourth-order valence-electron chi connectivity index (χ4n) is 4.04. The number of ether oxygens (including phenoxy) is 2. The summed E-state index contributed by atoms with van der Waals surface area (Å²) in [4.78, 5) is 14.3. The van der Waals surface area contributed by atoms with Gasteiger partial charge >= 0.3 is 0 Å². The molecule has 0 spiro atoms. The molecule has 0 radical (unpaired) electrons. The Balaban J connectivity index is 1.53. The average molecular weight is 347 g/mol. The van der Waals surface area contributed by atoms with Crippen LogP contribution in [0.5, 0.6) is 5.75 Å². The minimum absolute atomic E-state index is 0.0125. The van der Waals surface area contributed by atoms with Crippen LogP contribution in [0.2, 0.25) is 0 Å². The second kappa shape index (κ2) is 7.75. The monoisotopic (exact) mass is 347 g/mol. The smallest absolute Gasteiger partial charge is 0.260 e. The topological polar surface area (TPSA) is 59.0 Å². The van der Waals surface area contributed by atoms with Crippen LogP contribution in [0.3, 0.4) is 0 Å². The largest absolute Gasteiger partial charge is 0.484 e. The molecule has 1 N–H and O–H groups in total. The van der Waals surface area contributed by atoms with Crippen molar-refractivity contribution in [2.45, 2.75) is 38.7 Å². The van der Waals surface area contributed by atoms with Crippen LogP contribution >= 0.6 is 0 Å². The zero-order valence-electron chi connectivity index (χ0n) is 15.2. The summed E-state index contributed by atoms with van der Waals surface area (Å²) >= 11 is 0. The lowest BCUT2D eigenvalue weighted by Crippen LogP contribution is -2.57. The molecule has 2 heterocycles. The standard InChI is InChI=1S/C20H29NO4/c1-15-3-5-18(6-4-15)25-14-19(22)21-10-9-20(23,16(2)13-21)17-7-11-24-12-8-17/h3-6,16-17,23H,7-14H2,1-2H3/t16-,20+/m1/s1. The van der Waals surface area contributed by atoms with E-state index in [-0.39, 0.29) is 24.3 Å². The van der Waals surface area contributed by atoms with Gasteiger partial charge in [-0.1, -0.05) is 24.6 Å². The van der Waals surface area contributed by atoms with Crippen molar-refractivity contribution in [2.75, 3.05) is 32.9 Å². The Labute approximate surface area is 149 Å². The molecule has 1 aromatic rings. The van der Waals surface area contributed by atoms with E-state index < -0.39 is 5.60 Å². The maximum atomic E-state index is 12.5. The first-order valence-electron chi connectivity index (χ1n) is 9.26. The van der Waals surface area contributed by atoms with Crippen molar-refractivity contribution < 1.29 is 19.4 Å². The number of likely N-dealkylation sites (tertiary alicyclic amines) is 1. The van der Waals surface area contributed by atoms with Gasteiger partial charge in [0.1, 0.15) is 5.75 Å². The van der Waals surface area contributed by atoms with E-state index in [2.05, 4.69) is 6.92 Å². The summed E-state index contributed by atoms with van der Waals surface area (Å²) in [5, 5.41) is 11.2. The molecule has 3 rings (SSSR count). The number of carbonyl (C=O) groups is 1. The van der Waals surface area contributed by atoms with Crippen molar-refractivity contribution >= 4 is 5.91 Å². The van der Waals surface area contributed by atoms with Gasteiger partial charge in [-0.2, -0.15) is 0 Å². The van der Waals surface area contributed by atoms with Crippen LogP contribution < -0.4 is 4.74 Å². The normalized spacial score (nSPS) is 28.0. The summed E-state index contributed by atoms with van der Waals surface area (Å²) in [6.07, 6.45) is 2.45. The second-order valence-corrected chi connectivity index (χ2v) is 7.47. The SMILES string of the molecule is Cc1ccc(OCC(=O)N2CC[C@@](O)(C3CCOCC3)[C@H](C)C2)cc1. The molecule has 2 fully saturated rings. The summed E-state index contributed by atoms with van der Waals surface area (Å²) in [6, 6.07) is 7.70. The lowest BCUT2D eigenvalue weighted by molar-refractivity contribution is -0.152. The number of hydrogen-bond donors (Lipinski definition) is 1. The molecule has 25 heavy (non-hydrogen) atoms. The third kappa shape index (κ3) is 4.15. The highest BCUT2D eigenvalue weighted by Crippen LogP contribution is 2.39. The zero-order valence-corrected chi connectivity index (χ0v) is 15.2. The first-order valence-corrected chi connectivity index (χ1v) is 9.26. The second-order valence-electron chi connectivity index (χ2n) is 7.47. The fourth-order valence-corrected chi connectivity index (χ4v) is 4.04. The number of hydrogen-bond acceptors (Lipinski definition) is 4. The molecule has 2 atom stereocenters. The quantitative estimate of drug-likeness (QED) is 0.909. The van der Waals surface area contributed by atoms with Crippen LogP contribution in [0.15, 0.2) is 24.3 Å². The number of rotatable bonds is 4. The van der Waals surface area contributed by atoms with E-state index >= 15 is 0 Å². The van der Waals surface area contributed by atoms with Crippen LogP contribution in [0.1, 0.15) is 31.7 Å². The number of aliphatic hydroxyl groups is 1. The first-order chi connectivity index (χ1) is 12.0. The van der Waals surface area contributed by atoms with E-state index in [4.69, 9.17) is 9.47 Å². The lowest BCUT2D eigenvalue weighted by atomic mass is 9.70. The van der Waals surface area contributed by atoms with Gasteiger partial charge in [0.2, 0.25) is 0 Å². The van der Waals surface area contributed by atoms with Gasteiger partial charge in [-0.05, 0) is 44.2 Å². The Morgan fingerprint density at radius 3 is 2.64 bits per heavy atom. The lowest BCUT2D eigenvalue weighted by Gasteiger charge is -2.48. The summed E-state index contributed by atoms with van der Waals surface area (Å²) in [6.45, 7) is 6.75. The molecule has 0 unspecified atom stereocenters. The highest BCUT2D eigenvalue weighted by Gasteiger charge is 2.45. The fraction of sp³-hybridized carbons (Fsp3) is 0.650. The molecule has 2 aliphatic heterocycles. The maximum absolute atomic E-state index is 12.5. The Morgan fingerprint density at radius 1 is 1.32 bits per heavy atom. The molecule has 1 aromatic carbocycles. The Hall–Kier alpha value is -1.59. The molecule has 5 nitrogen and oxygen atoms in total. The summed E-state index contributed by atoms with van der Waals surface area (Å²) in [7, 11) is 0. The highest BCUT2D eigenvalue weighted by molar-refractivity contribution is 5.78. The molecular formula is C20H29NO4. The van der Waals surface area contributed by atoms with Gasteiger partial charge in [-0.25, -0.2) is 0 Å². The molecule has 2 saturated heterocycles. The predicted octanol–water partition coefficient (Wildman–Crippen LogP) is 2.40. The van der Waals surface area contributed by atoms with Gasteiger partial charge in [-0.15, -0.1) is 0 Å². The number of amides is 1. The first kappa shape index (κ1) is 18.2. The summed E-state index contributed by atoms with van der Waals surface area (Å²) < 4.78 is 11.0. The minimum atomic E-state index is -0.682. The molecule has 5 heteroatoms. The molecule has 0 bridgehead atoms. The average Bonchev–Trinajstić information content (AvgIpc) is 2.64. The zero-order chi connectivity index (χ0) is 17.9. The third-order valence-corrected chi connectivity index (χ3v) is 5.79. The van der Waals surface area contributed by atoms with Gasteiger partial charge in [0, 0.05) is 32.2 Å². The van der Waals surface area contributed by atoms with E-state index in [1.54, 1.807) is 0 Å². The molecule has 2 aliphatic rings. The van der Waals surface area contributed by atoms with Crippen LogP contribution in [-0.2, 0) is 9.53 Å². The van der Waals surface area contributed by atoms with E-state index in [0.717, 1.165) is 31.6 Å². The van der Waals surface area contributed by atoms with Gasteiger partial charge in [0.05, 0.1) is 5.60 Å². The van der Waals surface area contributed by atoms with Gasteiger partial charge in [0.15, 0.2) is 6.61 Å². The Morgan fingerprint density at radius 2 is 2.00 bits per heavy atom. The molecule has 138 valence electrons. The van der Waals surface area contributed by atoms with Crippen molar-refractivity contribution in [1.82, 2.24) is 4.90 Å². The predicted molar refractivity (Wildman–Crippen MR) is 95.5 cm³/mol. The van der Waals surface area contributed by atoms with E-state index in [0.29, 0.717) is 25.3 Å². The number of carbonyl (C=O) groups excluding carboxylic acids is 1. The molecule has 0 aromatic heterocycles. The van der Waals surface area contributed by atoms with E-state index in [9.17, 15) is 9.90 Å². The minimum Gasteiger partial charge on any atom is -0.484 e. The molecule has 1 amide bonds. The van der Waals surface area contributed by atoms with Crippen LogP contribution in [-0.4, -0.2) is 54.4 Å². The van der Waals surface area contributed by atoms with Crippen molar-refractivity contribution in [2.24, 2.45) is 11.8 Å².